The van der Waals surface area contributed by atoms with Crippen molar-refractivity contribution in [3.63, 3.8) is 0 Å². The highest BCUT2D eigenvalue weighted by Gasteiger charge is 2.62. The van der Waals surface area contributed by atoms with E-state index in [0.717, 1.165) is 0 Å². The molecule has 0 saturated heterocycles. The average molecular weight is 265 g/mol. The van der Waals surface area contributed by atoms with Gasteiger partial charge in [-0.3, -0.25) is 0 Å². The minimum Gasteiger partial charge on any atom is -0.382 e. The maximum atomic E-state index is 9.03. The van der Waals surface area contributed by atoms with E-state index in [1.165, 1.54) is 0 Å². The maximum absolute atomic E-state index is 9.03. The Hall–Kier alpha value is -1.45. The summed E-state index contributed by atoms with van der Waals surface area (Å²) in [4.78, 5) is 4.34. The van der Waals surface area contributed by atoms with Gasteiger partial charge in [0.25, 0.3) is 0 Å². The summed E-state index contributed by atoms with van der Waals surface area (Å²) < 4.78 is 15.5. The van der Waals surface area contributed by atoms with Gasteiger partial charge in [-0.2, -0.15) is 10.2 Å². The first-order valence-electron chi connectivity index (χ1n) is 6.40. The van der Waals surface area contributed by atoms with Crippen LogP contribution in [0.4, 0.5) is 0 Å². The van der Waals surface area contributed by atoms with E-state index in [1.807, 2.05) is 13.8 Å². The molecule has 1 aliphatic rings. The minimum absolute atomic E-state index is 0.0289. The summed E-state index contributed by atoms with van der Waals surface area (Å²) in [5, 5.41) is 13.0. The molecule has 0 aromatic carbocycles. The van der Waals surface area contributed by atoms with Crippen LogP contribution in [-0.4, -0.2) is 37.1 Å². The molecule has 1 aromatic heterocycles. The fourth-order valence-corrected chi connectivity index (χ4v) is 2.24. The lowest BCUT2D eigenvalue weighted by Crippen LogP contribution is -2.05. The molecule has 19 heavy (non-hydrogen) atoms. The molecule has 104 valence electrons. The van der Waals surface area contributed by atoms with Crippen LogP contribution in [0.5, 0.6) is 0 Å². The highest BCUT2D eigenvalue weighted by Crippen LogP contribution is 2.63. The van der Waals surface area contributed by atoms with Crippen molar-refractivity contribution in [2.24, 2.45) is 11.3 Å². The SMILES string of the molecule is COCCOCCc1noc(C2C(C#N)C2(C)C)n1. The van der Waals surface area contributed by atoms with E-state index in [-0.39, 0.29) is 17.3 Å². The van der Waals surface area contributed by atoms with Gasteiger partial charge < -0.3 is 14.0 Å². The van der Waals surface area contributed by atoms with Crippen LogP contribution >= 0.6 is 0 Å². The maximum Gasteiger partial charge on any atom is 0.231 e. The Kier molecular flexibility index (Phi) is 4.17. The third-order valence-electron chi connectivity index (χ3n) is 3.62. The fraction of sp³-hybridized carbons (Fsp3) is 0.769. The summed E-state index contributed by atoms with van der Waals surface area (Å²) in [6.45, 7) is 5.77. The van der Waals surface area contributed by atoms with Gasteiger partial charge in [0.15, 0.2) is 5.82 Å². The second-order valence-corrected chi connectivity index (χ2v) is 5.31. The Labute approximate surface area is 112 Å². The van der Waals surface area contributed by atoms with Crippen molar-refractivity contribution in [3.8, 4) is 6.07 Å². The van der Waals surface area contributed by atoms with Crippen LogP contribution in [0.1, 0.15) is 31.5 Å². The van der Waals surface area contributed by atoms with Gasteiger partial charge in [-0.15, -0.1) is 0 Å². The average Bonchev–Trinajstić information content (AvgIpc) is 2.74. The van der Waals surface area contributed by atoms with Gasteiger partial charge in [0, 0.05) is 13.5 Å². The monoisotopic (exact) mass is 265 g/mol. The van der Waals surface area contributed by atoms with Gasteiger partial charge >= 0.3 is 0 Å². The molecule has 0 N–H and O–H groups in total. The zero-order valence-corrected chi connectivity index (χ0v) is 11.5. The highest BCUT2D eigenvalue weighted by molar-refractivity contribution is 5.26. The van der Waals surface area contributed by atoms with Gasteiger partial charge in [0.05, 0.1) is 37.7 Å². The van der Waals surface area contributed by atoms with E-state index in [9.17, 15) is 0 Å². The first-order valence-corrected chi connectivity index (χ1v) is 6.40. The Morgan fingerprint density at radius 2 is 2.16 bits per heavy atom. The van der Waals surface area contributed by atoms with Crippen molar-refractivity contribution in [2.45, 2.75) is 26.2 Å². The van der Waals surface area contributed by atoms with E-state index >= 15 is 0 Å². The summed E-state index contributed by atoms with van der Waals surface area (Å²) in [7, 11) is 1.64. The second kappa shape index (κ2) is 5.68. The van der Waals surface area contributed by atoms with Crippen LogP contribution in [-0.2, 0) is 15.9 Å². The third kappa shape index (κ3) is 2.94. The Balaban J connectivity index is 1.82. The normalized spacial score (nSPS) is 24.1. The molecule has 1 heterocycles. The molecular formula is C13H19N3O3. The van der Waals surface area contributed by atoms with Gasteiger partial charge in [0.2, 0.25) is 5.89 Å². The first kappa shape index (κ1) is 14.0. The first-order chi connectivity index (χ1) is 9.11. The van der Waals surface area contributed by atoms with E-state index < -0.39 is 0 Å². The lowest BCUT2D eigenvalue weighted by Gasteiger charge is -2.00. The summed E-state index contributed by atoms with van der Waals surface area (Å²) in [6.07, 6.45) is 0.609. The van der Waals surface area contributed by atoms with Crippen LogP contribution in [0.2, 0.25) is 0 Å². The van der Waals surface area contributed by atoms with E-state index in [4.69, 9.17) is 19.3 Å². The Morgan fingerprint density at radius 3 is 2.79 bits per heavy atom. The van der Waals surface area contributed by atoms with Gasteiger partial charge in [-0.05, 0) is 5.41 Å². The molecule has 0 bridgehead atoms. The minimum atomic E-state index is -0.0620. The molecule has 1 saturated carbocycles. The molecule has 0 amide bonds. The van der Waals surface area contributed by atoms with Crippen molar-refractivity contribution >= 4 is 0 Å². The van der Waals surface area contributed by atoms with Crippen LogP contribution < -0.4 is 0 Å². The van der Waals surface area contributed by atoms with Gasteiger partial charge in [-0.1, -0.05) is 19.0 Å². The number of hydrogen-bond acceptors (Lipinski definition) is 6. The summed E-state index contributed by atoms with van der Waals surface area (Å²) in [5.41, 5.74) is -0.0620. The standard InChI is InChI=1S/C13H19N3O3/c1-13(2)9(8-14)11(13)12-15-10(16-19-12)4-5-18-7-6-17-3/h9,11H,4-7H2,1-3H3. The highest BCUT2D eigenvalue weighted by atomic mass is 16.5. The van der Waals surface area contributed by atoms with Crippen LogP contribution in [0, 0.1) is 22.7 Å². The predicted molar refractivity (Wildman–Crippen MR) is 66.3 cm³/mol. The lowest BCUT2D eigenvalue weighted by molar-refractivity contribution is 0.0714. The van der Waals surface area contributed by atoms with Crippen molar-refractivity contribution in [1.82, 2.24) is 10.1 Å². The van der Waals surface area contributed by atoms with E-state index in [0.29, 0.717) is 38.0 Å². The van der Waals surface area contributed by atoms with Crippen molar-refractivity contribution in [3.05, 3.63) is 11.7 Å². The molecule has 0 spiro atoms. The lowest BCUT2D eigenvalue weighted by atomic mass is 10.1. The van der Waals surface area contributed by atoms with Crippen LogP contribution in [0.3, 0.4) is 0 Å². The topological polar surface area (TPSA) is 81.2 Å². The number of hydrogen-bond donors (Lipinski definition) is 0. The number of aromatic nitrogens is 2. The molecule has 1 aromatic rings. The molecule has 6 heteroatoms. The van der Waals surface area contributed by atoms with E-state index in [1.54, 1.807) is 7.11 Å². The molecule has 1 aliphatic carbocycles. The number of methoxy groups -OCH3 is 1. The quantitative estimate of drug-likeness (QED) is 0.695. The van der Waals surface area contributed by atoms with Crippen molar-refractivity contribution in [1.29, 1.82) is 5.26 Å². The van der Waals surface area contributed by atoms with Crippen molar-refractivity contribution < 1.29 is 14.0 Å². The molecule has 6 nitrogen and oxygen atoms in total. The molecular weight excluding hydrogens is 246 g/mol. The second-order valence-electron chi connectivity index (χ2n) is 5.31. The number of rotatable bonds is 7. The molecule has 2 rings (SSSR count). The molecule has 1 fully saturated rings. The fourth-order valence-electron chi connectivity index (χ4n) is 2.24. The smallest absolute Gasteiger partial charge is 0.231 e. The molecule has 0 radical (unpaired) electrons. The summed E-state index contributed by atoms with van der Waals surface area (Å²) in [5.74, 6) is 1.24. The number of nitriles is 1. The molecule has 2 atom stereocenters. The zero-order valence-electron chi connectivity index (χ0n) is 11.5. The van der Waals surface area contributed by atoms with Crippen LogP contribution in [0.15, 0.2) is 4.52 Å². The summed E-state index contributed by atoms with van der Waals surface area (Å²) in [6, 6.07) is 2.29. The Bertz CT molecular complexity index is 464. The van der Waals surface area contributed by atoms with Gasteiger partial charge in [-0.25, -0.2) is 0 Å². The summed E-state index contributed by atoms with van der Waals surface area (Å²) >= 11 is 0. The van der Waals surface area contributed by atoms with Crippen LogP contribution in [0.25, 0.3) is 0 Å². The zero-order chi connectivity index (χ0) is 13.9. The number of nitrogens with zero attached hydrogens (tertiary/aromatic N) is 3. The van der Waals surface area contributed by atoms with E-state index in [2.05, 4.69) is 16.2 Å². The van der Waals surface area contributed by atoms with Gasteiger partial charge in [0.1, 0.15) is 0 Å². The molecule has 0 aliphatic heterocycles. The predicted octanol–water partition coefficient (Wildman–Crippen LogP) is 1.54. The largest absolute Gasteiger partial charge is 0.382 e. The molecule has 2 unspecified atom stereocenters. The number of ether oxygens (including phenoxy) is 2. The van der Waals surface area contributed by atoms with Crippen molar-refractivity contribution in [2.75, 3.05) is 26.9 Å². The Morgan fingerprint density at radius 1 is 1.37 bits per heavy atom. The third-order valence-corrected chi connectivity index (χ3v) is 3.62.